The van der Waals surface area contributed by atoms with Gasteiger partial charge in [0.1, 0.15) is 24.7 Å². The van der Waals surface area contributed by atoms with E-state index in [2.05, 4.69) is 22.0 Å². The molecule has 0 unspecified atom stereocenters. The van der Waals surface area contributed by atoms with Crippen LogP contribution in [0.1, 0.15) is 5.56 Å². The number of ether oxygens (including phenoxy) is 2. The molecule has 0 bridgehead atoms. The van der Waals surface area contributed by atoms with Crippen molar-refractivity contribution in [3.63, 3.8) is 0 Å². The zero-order chi connectivity index (χ0) is 17.5. The monoisotopic (exact) mass is 393 g/mol. The van der Waals surface area contributed by atoms with Gasteiger partial charge in [-0.25, -0.2) is 0 Å². The number of rotatable bonds is 6. The molecular weight excluding hydrogens is 378 g/mol. The molecule has 0 aliphatic rings. The van der Waals surface area contributed by atoms with Crippen LogP contribution in [0.5, 0.6) is 11.5 Å². The van der Waals surface area contributed by atoms with Crippen LogP contribution in [-0.4, -0.2) is 13.2 Å². The van der Waals surface area contributed by atoms with Gasteiger partial charge in [0.15, 0.2) is 0 Å². The Morgan fingerprint density at radius 3 is 1.60 bits per heavy atom. The van der Waals surface area contributed by atoms with Crippen molar-refractivity contribution in [3.05, 3.63) is 82.8 Å². The normalized spacial score (nSPS) is 10.1. The lowest BCUT2D eigenvalue weighted by molar-refractivity contribution is 0.217. The van der Waals surface area contributed by atoms with E-state index in [4.69, 9.17) is 14.7 Å². The molecule has 3 nitrogen and oxygen atoms in total. The van der Waals surface area contributed by atoms with Crippen LogP contribution in [0, 0.1) is 11.3 Å². The van der Waals surface area contributed by atoms with E-state index in [-0.39, 0.29) is 0 Å². The summed E-state index contributed by atoms with van der Waals surface area (Å²) in [6, 6.07) is 25.3. The van der Waals surface area contributed by atoms with Crippen molar-refractivity contribution < 1.29 is 9.47 Å². The second kappa shape index (κ2) is 8.36. The second-order valence-electron chi connectivity index (χ2n) is 5.36. The van der Waals surface area contributed by atoms with Crippen LogP contribution in [0.2, 0.25) is 0 Å². The number of halogens is 1. The van der Waals surface area contributed by atoms with Crippen molar-refractivity contribution in [2.75, 3.05) is 13.2 Å². The van der Waals surface area contributed by atoms with Crippen LogP contribution in [0.15, 0.2) is 77.3 Å². The van der Waals surface area contributed by atoms with Gasteiger partial charge in [0.2, 0.25) is 0 Å². The van der Waals surface area contributed by atoms with Gasteiger partial charge in [0.25, 0.3) is 0 Å². The van der Waals surface area contributed by atoms with Crippen molar-refractivity contribution >= 4 is 15.9 Å². The highest BCUT2D eigenvalue weighted by Crippen LogP contribution is 2.23. The lowest BCUT2D eigenvalue weighted by atomic mass is 10.0. The molecule has 0 aliphatic carbocycles. The first-order valence-electron chi connectivity index (χ1n) is 7.86. The minimum Gasteiger partial charge on any atom is -0.490 e. The van der Waals surface area contributed by atoms with Crippen LogP contribution in [-0.2, 0) is 0 Å². The number of nitriles is 1. The summed E-state index contributed by atoms with van der Waals surface area (Å²) in [7, 11) is 0. The van der Waals surface area contributed by atoms with Crippen LogP contribution in [0.4, 0.5) is 0 Å². The summed E-state index contributed by atoms with van der Waals surface area (Å²) in [5.74, 6) is 1.62. The minimum absolute atomic E-state index is 0.478. The fourth-order valence-electron chi connectivity index (χ4n) is 2.33. The Morgan fingerprint density at radius 2 is 1.12 bits per heavy atom. The molecule has 3 aromatic carbocycles. The highest BCUT2D eigenvalue weighted by Gasteiger charge is 2.00. The molecule has 0 aliphatic heterocycles. The molecule has 4 heteroatoms. The molecule has 124 valence electrons. The number of benzene rings is 3. The maximum absolute atomic E-state index is 8.84. The molecule has 0 spiro atoms. The summed E-state index contributed by atoms with van der Waals surface area (Å²) in [5.41, 5.74) is 2.82. The smallest absolute Gasteiger partial charge is 0.122 e. The van der Waals surface area contributed by atoms with Crippen molar-refractivity contribution in [2.45, 2.75) is 0 Å². The van der Waals surface area contributed by atoms with Crippen LogP contribution in [0.3, 0.4) is 0 Å². The molecule has 25 heavy (non-hydrogen) atoms. The second-order valence-corrected chi connectivity index (χ2v) is 6.28. The molecule has 0 saturated carbocycles. The van der Waals surface area contributed by atoms with E-state index in [1.807, 2.05) is 72.8 Å². The van der Waals surface area contributed by atoms with Crippen molar-refractivity contribution in [3.8, 4) is 28.7 Å². The fraction of sp³-hybridized carbons (Fsp3) is 0.0952. The van der Waals surface area contributed by atoms with E-state index in [1.165, 1.54) is 0 Å². The Labute approximate surface area is 155 Å². The maximum atomic E-state index is 8.84. The first kappa shape index (κ1) is 17.1. The van der Waals surface area contributed by atoms with E-state index in [0.29, 0.717) is 18.8 Å². The number of hydrogen-bond acceptors (Lipinski definition) is 3. The summed E-state index contributed by atoms with van der Waals surface area (Å²) >= 11 is 3.39. The molecule has 0 fully saturated rings. The summed E-state index contributed by atoms with van der Waals surface area (Å²) in [6.45, 7) is 0.964. The topological polar surface area (TPSA) is 42.2 Å². The van der Waals surface area contributed by atoms with Crippen molar-refractivity contribution in [2.24, 2.45) is 0 Å². The first-order valence-corrected chi connectivity index (χ1v) is 8.66. The standard InChI is InChI=1S/C21H16BrNO2/c22-19-7-11-21(12-8-19)25-14-13-24-20-9-5-18(6-10-20)17-3-1-16(15-23)2-4-17/h1-12H,13-14H2. The summed E-state index contributed by atoms with van der Waals surface area (Å²) in [4.78, 5) is 0. The van der Waals surface area contributed by atoms with Gasteiger partial charge in [0.05, 0.1) is 11.6 Å². The molecule has 0 atom stereocenters. The quantitative estimate of drug-likeness (QED) is 0.523. The molecule has 0 N–H and O–H groups in total. The lowest BCUT2D eigenvalue weighted by Gasteiger charge is -2.09. The van der Waals surface area contributed by atoms with Gasteiger partial charge in [-0.05, 0) is 59.7 Å². The number of hydrogen-bond donors (Lipinski definition) is 0. The molecule has 0 radical (unpaired) electrons. The predicted molar refractivity (Wildman–Crippen MR) is 102 cm³/mol. The average Bonchev–Trinajstić information content (AvgIpc) is 2.67. The zero-order valence-electron chi connectivity index (χ0n) is 13.5. The van der Waals surface area contributed by atoms with E-state index < -0.39 is 0 Å². The lowest BCUT2D eigenvalue weighted by Crippen LogP contribution is -2.08. The maximum Gasteiger partial charge on any atom is 0.122 e. The van der Waals surface area contributed by atoms with Gasteiger partial charge in [-0.3, -0.25) is 0 Å². The van der Waals surface area contributed by atoms with Crippen LogP contribution in [0.25, 0.3) is 11.1 Å². The SMILES string of the molecule is N#Cc1ccc(-c2ccc(OCCOc3ccc(Br)cc3)cc2)cc1. The number of nitrogens with zero attached hydrogens (tertiary/aromatic N) is 1. The molecule has 0 saturated heterocycles. The van der Waals surface area contributed by atoms with E-state index in [0.717, 1.165) is 27.1 Å². The Morgan fingerprint density at radius 1 is 0.680 bits per heavy atom. The zero-order valence-corrected chi connectivity index (χ0v) is 15.1. The van der Waals surface area contributed by atoms with Gasteiger partial charge < -0.3 is 9.47 Å². The van der Waals surface area contributed by atoms with Gasteiger partial charge >= 0.3 is 0 Å². The molecule has 3 rings (SSSR count). The third-order valence-corrected chi connectivity index (χ3v) is 4.16. The largest absolute Gasteiger partial charge is 0.490 e. The average molecular weight is 394 g/mol. The summed E-state index contributed by atoms with van der Waals surface area (Å²) in [6.07, 6.45) is 0. The summed E-state index contributed by atoms with van der Waals surface area (Å²) in [5, 5.41) is 8.84. The van der Waals surface area contributed by atoms with Crippen molar-refractivity contribution in [1.82, 2.24) is 0 Å². The van der Waals surface area contributed by atoms with Gasteiger partial charge in [-0.2, -0.15) is 5.26 Å². The third-order valence-electron chi connectivity index (χ3n) is 3.64. The van der Waals surface area contributed by atoms with Crippen LogP contribution >= 0.6 is 15.9 Å². The molecule has 0 aromatic heterocycles. The van der Waals surface area contributed by atoms with Gasteiger partial charge in [0, 0.05) is 4.47 Å². The van der Waals surface area contributed by atoms with E-state index >= 15 is 0 Å². The van der Waals surface area contributed by atoms with E-state index in [1.54, 1.807) is 0 Å². The Kier molecular flexibility index (Phi) is 5.71. The van der Waals surface area contributed by atoms with Gasteiger partial charge in [-0.1, -0.05) is 40.2 Å². The molecule has 0 amide bonds. The Balaban J connectivity index is 1.50. The minimum atomic E-state index is 0.478. The van der Waals surface area contributed by atoms with Crippen LogP contribution < -0.4 is 9.47 Å². The van der Waals surface area contributed by atoms with Crippen molar-refractivity contribution in [1.29, 1.82) is 5.26 Å². The Hall–Kier alpha value is -2.77. The predicted octanol–water partition coefficient (Wildman–Crippen LogP) is 5.45. The highest BCUT2D eigenvalue weighted by molar-refractivity contribution is 9.10. The summed E-state index contributed by atoms with van der Waals surface area (Å²) < 4.78 is 12.4. The Bertz CT molecular complexity index is 850. The molecular formula is C21H16BrNO2. The fourth-order valence-corrected chi connectivity index (χ4v) is 2.60. The van der Waals surface area contributed by atoms with Gasteiger partial charge in [-0.15, -0.1) is 0 Å². The highest BCUT2D eigenvalue weighted by atomic mass is 79.9. The molecule has 3 aromatic rings. The first-order chi connectivity index (χ1) is 12.2. The molecule has 0 heterocycles. The van der Waals surface area contributed by atoms with E-state index in [9.17, 15) is 0 Å². The third kappa shape index (κ3) is 4.85.